The molecule has 0 spiro atoms. The standard InChI is InChI=1S/C15H18O3/c1-3-8-13(15(17)18-4-2)14(16)11-12-9-6-5-7-10-12/h3,5-7,9-10,13H,1,4,8,11H2,2H3/i13D. The van der Waals surface area contributed by atoms with E-state index in [1.165, 1.54) is 6.08 Å². The minimum atomic E-state index is -1.90. The summed E-state index contributed by atoms with van der Waals surface area (Å²) in [5.41, 5.74) is 0.775. The third-order valence-corrected chi connectivity index (χ3v) is 2.41. The van der Waals surface area contributed by atoms with Gasteiger partial charge < -0.3 is 4.74 Å². The number of esters is 1. The van der Waals surface area contributed by atoms with Crippen LogP contribution in [0.25, 0.3) is 0 Å². The summed E-state index contributed by atoms with van der Waals surface area (Å²) in [7, 11) is 0. The Morgan fingerprint density at radius 3 is 2.67 bits per heavy atom. The van der Waals surface area contributed by atoms with Crippen molar-refractivity contribution < 1.29 is 15.7 Å². The quantitative estimate of drug-likeness (QED) is 0.422. The average Bonchev–Trinajstić information content (AvgIpc) is 2.40. The highest BCUT2D eigenvalue weighted by molar-refractivity contribution is 6.00. The molecule has 0 saturated carbocycles. The Kier molecular flexibility index (Phi) is 5.18. The average molecular weight is 247 g/mol. The molecule has 3 heteroatoms. The van der Waals surface area contributed by atoms with Crippen molar-refractivity contribution in [3.05, 3.63) is 48.6 Å². The summed E-state index contributed by atoms with van der Waals surface area (Å²) < 4.78 is 12.9. The summed E-state index contributed by atoms with van der Waals surface area (Å²) in [5, 5.41) is 0. The van der Waals surface area contributed by atoms with Crippen LogP contribution in [0.3, 0.4) is 0 Å². The Bertz CT molecular complexity index is 456. The van der Waals surface area contributed by atoms with E-state index in [0.29, 0.717) is 0 Å². The largest absolute Gasteiger partial charge is 0.465 e. The van der Waals surface area contributed by atoms with Crippen LogP contribution in [-0.2, 0) is 20.7 Å². The van der Waals surface area contributed by atoms with Crippen molar-refractivity contribution in [1.82, 2.24) is 0 Å². The van der Waals surface area contributed by atoms with Crippen molar-refractivity contribution in [2.45, 2.75) is 19.8 Å². The molecule has 0 bridgehead atoms. The first-order valence-electron chi connectivity index (χ1n) is 6.40. The fourth-order valence-electron chi connectivity index (χ4n) is 1.56. The van der Waals surface area contributed by atoms with Crippen LogP contribution in [0.4, 0.5) is 0 Å². The van der Waals surface area contributed by atoms with Gasteiger partial charge in [0.05, 0.1) is 7.98 Å². The SMILES string of the molecule is [2H]C(CC=C)(C(=O)Cc1ccccc1)C(=O)OCC. The van der Waals surface area contributed by atoms with Gasteiger partial charge in [0, 0.05) is 6.42 Å². The van der Waals surface area contributed by atoms with Gasteiger partial charge in [0.1, 0.15) is 5.89 Å². The topological polar surface area (TPSA) is 43.4 Å². The smallest absolute Gasteiger partial charge is 0.316 e. The number of Topliss-reactive ketones (excluding diaryl/α,β-unsaturated/α-hetero) is 1. The molecule has 0 aromatic heterocycles. The zero-order chi connectivity index (χ0) is 14.3. The van der Waals surface area contributed by atoms with Gasteiger partial charge in [-0.25, -0.2) is 0 Å². The maximum Gasteiger partial charge on any atom is 0.316 e. The van der Waals surface area contributed by atoms with Crippen LogP contribution in [0.5, 0.6) is 0 Å². The predicted octanol–water partition coefficient (Wildman–Crippen LogP) is 2.55. The highest BCUT2D eigenvalue weighted by Gasteiger charge is 2.26. The molecule has 18 heavy (non-hydrogen) atoms. The maximum atomic E-state index is 12.2. The molecular formula is C15H18O3. The molecule has 1 aromatic carbocycles. The molecule has 0 aliphatic carbocycles. The van der Waals surface area contributed by atoms with Crippen LogP contribution in [0.1, 0.15) is 20.3 Å². The zero-order valence-electron chi connectivity index (χ0n) is 11.5. The van der Waals surface area contributed by atoms with E-state index >= 15 is 0 Å². The first-order valence-corrected chi connectivity index (χ1v) is 5.90. The fraction of sp³-hybridized carbons (Fsp3) is 0.333. The molecule has 3 nitrogen and oxygen atoms in total. The number of hydrogen-bond donors (Lipinski definition) is 0. The second-order valence-corrected chi connectivity index (χ2v) is 3.78. The van der Waals surface area contributed by atoms with Crippen LogP contribution in [0, 0.1) is 5.89 Å². The van der Waals surface area contributed by atoms with Crippen LogP contribution in [0.2, 0.25) is 0 Å². The Morgan fingerprint density at radius 1 is 1.44 bits per heavy atom. The van der Waals surface area contributed by atoms with Gasteiger partial charge in [0.25, 0.3) is 0 Å². The third-order valence-electron chi connectivity index (χ3n) is 2.41. The molecule has 0 aliphatic heterocycles. The van der Waals surface area contributed by atoms with E-state index in [0.717, 1.165) is 5.56 Å². The van der Waals surface area contributed by atoms with Crippen LogP contribution in [0.15, 0.2) is 43.0 Å². The molecule has 0 fully saturated rings. The number of allylic oxidation sites excluding steroid dienone is 1. The lowest BCUT2D eigenvalue weighted by atomic mass is 9.95. The number of carbonyl (C=O) groups excluding carboxylic acids is 2. The molecule has 1 aromatic rings. The normalized spacial score (nSPS) is 14.2. The Labute approximate surface area is 109 Å². The minimum Gasteiger partial charge on any atom is -0.465 e. The van der Waals surface area contributed by atoms with Crippen molar-refractivity contribution in [2.24, 2.45) is 5.89 Å². The monoisotopic (exact) mass is 247 g/mol. The number of ketones is 1. The van der Waals surface area contributed by atoms with Crippen molar-refractivity contribution in [3.63, 3.8) is 0 Å². The number of hydrogen-bond acceptors (Lipinski definition) is 3. The van der Waals surface area contributed by atoms with Gasteiger partial charge in [-0.1, -0.05) is 36.4 Å². The van der Waals surface area contributed by atoms with Crippen molar-refractivity contribution in [1.29, 1.82) is 0 Å². The highest BCUT2D eigenvalue weighted by atomic mass is 16.5. The molecule has 0 radical (unpaired) electrons. The Morgan fingerprint density at radius 2 is 2.11 bits per heavy atom. The van der Waals surface area contributed by atoms with Gasteiger partial charge >= 0.3 is 5.97 Å². The van der Waals surface area contributed by atoms with E-state index in [9.17, 15) is 9.59 Å². The molecule has 0 aliphatic rings. The van der Waals surface area contributed by atoms with Crippen molar-refractivity contribution in [3.8, 4) is 0 Å². The lowest BCUT2D eigenvalue weighted by Crippen LogP contribution is -2.27. The lowest BCUT2D eigenvalue weighted by Gasteiger charge is -2.12. The number of benzene rings is 1. The van der Waals surface area contributed by atoms with Gasteiger partial charge in [0.15, 0.2) is 5.78 Å². The van der Waals surface area contributed by atoms with Gasteiger partial charge in [0.2, 0.25) is 0 Å². The van der Waals surface area contributed by atoms with E-state index in [-0.39, 0.29) is 19.4 Å². The lowest BCUT2D eigenvalue weighted by molar-refractivity contribution is -0.151. The fourth-order valence-corrected chi connectivity index (χ4v) is 1.56. The summed E-state index contributed by atoms with van der Waals surface area (Å²) >= 11 is 0. The predicted molar refractivity (Wildman–Crippen MR) is 70.1 cm³/mol. The first-order chi connectivity index (χ1) is 9.04. The van der Waals surface area contributed by atoms with Gasteiger partial charge in [-0.2, -0.15) is 0 Å². The van der Waals surface area contributed by atoms with Crippen molar-refractivity contribution in [2.75, 3.05) is 6.61 Å². The maximum absolute atomic E-state index is 12.2. The number of carbonyl (C=O) groups is 2. The zero-order valence-corrected chi connectivity index (χ0v) is 10.5. The molecule has 96 valence electrons. The minimum absolute atomic E-state index is 0.0387. The highest BCUT2D eigenvalue weighted by Crippen LogP contribution is 2.12. The van der Waals surface area contributed by atoms with E-state index in [1.807, 2.05) is 18.2 Å². The number of rotatable bonds is 7. The van der Waals surface area contributed by atoms with E-state index in [1.54, 1.807) is 19.1 Å². The molecular weight excluding hydrogens is 228 g/mol. The second-order valence-electron chi connectivity index (χ2n) is 3.78. The van der Waals surface area contributed by atoms with E-state index in [4.69, 9.17) is 6.11 Å². The molecule has 0 N–H and O–H groups in total. The number of ether oxygens (including phenoxy) is 1. The Hall–Kier alpha value is -1.90. The third kappa shape index (κ3) is 4.17. The second kappa shape index (κ2) is 7.43. The van der Waals surface area contributed by atoms with Crippen LogP contribution >= 0.6 is 0 Å². The molecule has 1 rings (SSSR count). The summed E-state index contributed by atoms with van der Waals surface area (Å²) in [5.74, 6) is -3.18. The van der Waals surface area contributed by atoms with Gasteiger partial charge in [-0.05, 0) is 18.9 Å². The summed E-state index contributed by atoms with van der Waals surface area (Å²) in [6.07, 6.45) is 1.39. The van der Waals surface area contributed by atoms with Gasteiger partial charge in [-0.15, -0.1) is 6.58 Å². The molecule has 0 saturated heterocycles. The molecule has 1 unspecified atom stereocenters. The Balaban J connectivity index is 2.89. The van der Waals surface area contributed by atoms with Gasteiger partial charge in [-0.3, -0.25) is 9.59 Å². The summed E-state index contributed by atoms with van der Waals surface area (Å²) in [4.78, 5) is 24.0. The van der Waals surface area contributed by atoms with Crippen molar-refractivity contribution >= 4 is 11.8 Å². The van der Waals surface area contributed by atoms with E-state index in [2.05, 4.69) is 6.58 Å². The summed E-state index contributed by atoms with van der Waals surface area (Å²) in [6.45, 7) is 5.29. The molecule has 1 atom stereocenters. The van der Waals surface area contributed by atoms with Crippen LogP contribution in [-0.4, -0.2) is 18.4 Å². The summed E-state index contributed by atoms with van der Waals surface area (Å²) in [6, 6.07) is 9.05. The first kappa shape index (κ1) is 12.6. The molecule has 0 heterocycles. The van der Waals surface area contributed by atoms with E-state index < -0.39 is 17.6 Å². The van der Waals surface area contributed by atoms with Crippen LogP contribution < -0.4 is 0 Å². The molecule has 0 amide bonds.